The van der Waals surface area contributed by atoms with Crippen LogP contribution in [0.15, 0.2) is 33.6 Å². The van der Waals surface area contributed by atoms with Gasteiger partial charge in [-0.3, -0.25) is 4.79 Å². The van der Waals surface area contributed by atoms with E-state index in [-0.39, 0.29) is 23.2 Å². The highest BCUT2D eigenvalue weighted by Gasteiger charge is 2.40. The van der Waals surface area contributed by atoms with E-state index in [1.165, 1.54) is 6.07 Å². The molecule has 1 fully saturated rings. The molecule has 1 amide bonds. The molecule has 8 nitrogen and oxygen atoms in total. The Kier molecular flexibility index (Phi) is 6.89. The highest BCUT2D eigenvalue weighted by molar-refractivity contribution is 7.90. The number of nitrogens with zero attached hydrogens (tertiary/aromatic N) is 2. The Hall–Kier alpha value is -2.42. The second-order valence-electron chi connectivity index (χ2n) is 7.26. The molecule has 29 heavy (non-hydrogen) atoms. The van der Waals surface area contributed by atoms with Crippen molar-refractivity contribution < 1.29 is 22.7 Å². The molecule has 2 heterocycles. The number of fused-ring (bicyclic) bond motifs is 1. The van der Waals surface area contributed by atoms with E-state index in [4.69, 9.17) is 4.74 Å². The van der Waals surface area contributed by atoms with E-state index in [0.717, 1.165) is 25.7 Å². The van der Waals surface area contributed by atoms with Crippen molar-refractivity contribution in [3.63, 3.8) is 0 Å². The van der Waals surface area contributed by atoms with Crippen molar-refractivity contribution in [2.45, 2.75) is 56.4 Å². The maximum atomic E-state index is 12.6. The molecular weight excluding hydrogens is 394 g/mol. The van der Waals surface area contributed by atoms with Gasteiger partial charge in [0.15, 0.2) is 12.4 Å². The fourth-order valence-electron chi connectivity index (χ4n) is 3.62. The Balaban J connectivity index is 1.57. The summed E-state index contributed by atoms with van der Waals surface area (Å²) in [4.78, 5) is 26.3. The lowest BCUT2D eigenvalue weighted by Gasteiger charge is -2.24. The molecule has 9 heteroatoms. The van der Waals surface area contributed by atoms with Gasteiger partial charge in [0, 0.05) is 18.7 Å². The number of esters is 1. The molecule has 2 aliphatic rings. The SMILES string of the molecule is CCCCCCNC(=O)COC(=O)[C@@H]1CCCN1C1=NS(=O)(=O)c2ccccc21. The van der Waals surface area contributed by atoms with Crippen molar-refractivity contribution in [3.8, 4) is 0 Å². The monoisotopic (exact) mass is 421 g/mol. The van der Waals surface area contributed by atoms with Crippen molar-refractivity contribution in [2.75, 3.05) is 19.7 Å². The third kappa shape index (κ3) is 4.95. The number of rotatable bonds is 8. The van der Waals surface area contributed by atoms with Crippen LogP contribution in [0.2, 0.25) is 0 Å². The fourth-order valence-corrected chi connectivity index (χ4v) is 4.84. The normalized spacial score (nSPS) is 19.6. The van der Waals surface area contributed by atoms with Crippen LogP contribution >= 0.6 is 0 Å². The molecule has 0 unspecified atom stereocenters. The summed E-state index contributed by atoms with van der Waals surface area (Å²) in [6.07, 6.45) is 5.45. The summed E-state index contributed by atoms with van der Waals surface area (Å²) < 4.78 is 33.7. The molecule has 1 N–H and O–H groups in total. The molecule has 1 aromatic rings. The predicted octanol–water partition coefficient (Wildman–Crippen LogP) is 1.84. The van der Waals surface area contributed by atoms with E-state index in [1.54, 1.807) is 23.1 Å². The minimum Gasteiger partial charge on any atom is -0.454 e. The Morgan fingerprint density at radius 2 is 2.03 bits per heavy atom. The first-order chi connectivity index (χ1) is 13.9. The largest absolute Gasteiger partial charge is 0.454 e. The minimum atomic E-state index is -3.75. The lowest BCUT2D eigenvalue weighted by atomic mass is 10.1. The second-order valence-corrected chi connectivity index (χ2v) is 8.83. The first kappa shape index (κ1) is 21.3. The lowest BCUT2D eigenvalue weighted by Crippen LogP contribution is -2.42. The van der Waals surface area contributed by atoms with Gasteiger partial charge in [-0.05, 0) is 31.4 Å². The van der Waals surface area contributed by atoms with Crippen molar-refractivity contribution in [3.05, 3.63) is 29.8 Å². The zero-order valence-electron chi connectivity index (χ0n) is 16.6. The molecule has 0 radical (unpaired) electrons. The molecule has 0 aromatic heterocycles. The van der Waals surface area contributed by atoms with Gasteiger partial charge in [-0.25, -0.2) is 4.79 Å². The number of likely N-dealkylation sites (tertiary alicyclic amines) is 1. The van der Waals surface area contributed by atoms with E-state index >= 15 is 0 Å². The zero-order valence-corrected chi connectivity index (χ0v) is 17.4. The summed E-state index contributed by atoms with van der Waals surface area (Å²) in [6, 6.07) is 5.93. The van der Waals surface area contributed by atoms with Gasteiger partial charge in [0.25, 0.3) is 15.9 Å². The van der Waals surface area contributed by atoms with E-state index < -0.39 is 22.0 Å². The Bertz CT molecular complexity index is 897. The fraction of sp³-hybridized carbons (Fsp3) is 0.550. The molecule has 0 aliphatic carbocycles. The van der Waals surface area contributed by atoms with Crippen LogP contribution in [0.25, 0.3) is 0 Å². The summed E-state index contributed by atoms with van der Waals surface area (Å²) in [5, 5.41) is 2.74. The second kappa shape index (κ2) is 9.39. The van der Waals surface area contributed by atoms with Crippen molar-refractivity contribution >= 4 is 27.7 Å². The van der Waals surface area contributed by atoms with Crippen molar-refractivity contribution in [1.29, 1.82) is 0 Å². The van der Waals surface area contributed by atoms with E-state index in [2.05, 4.69) is 16.6 Å². The van der Waals surface area contributed by atoms with E-state index in [9.17, 15) is 18.0 Å². The number of nitrogens with one attached hydrogen (secondary N) is 1. The number of hydrogen-bond donors (Lipinski definition) is 1. The van der Waals surface area contributed by atoms with Gasteiger partial charge in [-0.1, -0.05) is 38.3 Å². The standard InChI is InChI=1S/C20H27N3O5S/c1-2-3-4-7-12-21-18(24)14-28-20(25)16-10-8-13-23(16)19-15-9-5-6-11-17(15)29(26,27)22-19/h5-6,9,11,16H,2-4,7-8,10,12-14H2,1H3,(H,21,24)/t16-/m0/s1. The molecular formula is C20H27N3O5S. The summed E-state index contributed by atoms with van der Waals surface area (Å²) in [5.74, 6) is -0.584. The minimum absolute atomic E-state index is 0.150. The maximum absolute atomic E-state index is 12.6. The van der Waals surface area contributed by atoms with Gasteiger partial charge in [0.05, 0.1) is 0 Å². The van der Waals surface area contributed by atoms with Crippen molar-refractivity contribution in [1.82, 2.24) is 10.2 Å². The molecule has 1 aromatic carbocycles. The van der Waals surface area contributed by atoms with Gasteiger partial charge in [-0.15, -0.1) is 4.40 Å². The number of hydrogen-bond acceptors (Lipinski definition) is 6. The van der Waals surface area contributed by atoms with Gasteiger partial charge in [0.2, 0.25) is 0 Å². The van der Waals surface area contributed by atoms with E-state index in [1.807, 2.05) is 0 Å². The summed E-state index contributed by atoms with van der Waals surface area (Å²) in [7, 11) is -3.75. The molecule has 2 aliphatic heterocycles. The van der Waals surface area contributed by atoms with Crippen LogP contribution in [0.5, 0.6) is 0 Å². The topological polar surface area (TPSA) is 105 Å². The highest BCUT2D eigenvalue weighted by Crippen LogP contribution is 2.31. The third-order valence-corrected chi connectivity index (χ3v) is 6.43. The molecule has 1 atom stereocenters. The average molecular weight is 422 g/mol. The Morgan fingerprint density at radius 1 is 1.24 bits per heavy atom. The Labute approximate surface area is 171 Å². The van der Waals surface area contributed by atoms with Gasteiger partial charge < -0.3 is 15.0 Å². The number of benzene rings is 1. The van der Waals surface area contributed by atoms with Crippen LogP contribution in [-0.2, 0) is 24.3 Å². The summed E-state index contributed by atoms with van der Waals surface area (Å²) >= 11 is 0. The van der Waals surface area contributed by atoms with E-state index in [0.29, 0.717) is 31.5 Å². The van der Waals surface area contributed by atoms with Crippen LogP contribution in [0.1, 0.15) is 51.0 Å². The molecule has 158 valence electrons. The molecule has 0 saturated carbocycles. The van der Waals surface area contributed by atoms with Gasteiger partial charge in [-0.2, -0.15) is 8.42 Å². The smallest absolute Gasteiger partial charge is 0.329 e. The Morgan fingerprint density at radius 3 is 2.83 bits per heavy atom. The number of ether oxygens (including phenoxy) is 1. The number of unbranched alkanes of at least 4 members (excludes halogenated alkanes) is 3. The quantitative estimate of drug-likeness (QED) is 0.507. The molecule has 0 bridgehead atoms. The highest BCUT2D eigenvalue weighted by atomic mass is 32.2. The van der Waals surface area contributed by atoms with Crippen LogP contribution in [0.3, 0.4) is 0 Å². The lowest BCUT2D eigenvalue weighted by molar-refractivity contribution is -0.151. The van der Waals surface area contributed by atoms with Crippen molar-refractivity contribution in [2.24, 2.45) is 4.40 Å². The maximum Gasteiger partial charge on any atom is 0.329 e. The third-order valence-electron chi connectivity index (χ3n) is 5.11. The van der Waals surface area contributed by atoms with Gasteiger partial charge >= 0.3 is 5.97 Å². The first-order valence-electron chi connectivity index (χ1n) is 10.1. The number of sulfonamides is 1. The number of amides is 1. The van der Waals surface area contributed by atoms with Gasteiger partial charge in [0.1, 0.15) is 10.9 Å². The number of carbonyl (C=O) groups excluding carboxylic acids is 2. The molecule has 3 rings (SSSR count). The summed E-state index contributed by atoms with van der Waals surface area (Å²) in [6.45, 7) is 2.86. The van der Waals surface area contributed by atoms with Crippen LogP contribution in [-0.4, -0.2) is 56.8 Å². The molecule has 0 spiro atoms. The van der Waals surface area contributed by atoms with Crippen LogP contribution in [0.4, 0.5) is 0 Å². The number of amidine groups is 1. The first-order valence-corrected chi connectivity index (χ1v) is 11.5. The summed E-state index contributed by atoms with van der Waals surface area (Å²) in [5.41, 5.74) is 0.497. The average Bonchev–Trinajstić information content (AvgIpc) is 3.29. The predicted molar refractivity (Wildman–Crippen MR) is 108 cm³/mol. The molecule has 1 saturated heterocycles. The van der Waals surface area contributed by atoms with Crippen LogP contribution < -0.4 is 5.32 Å². The van der Waals surface area contributed by atoms with Crippen LogP contribution in [0, 0.1) is 0 Å². The number of carbonyl (C=O) groups is 2. The zero-order chi connectivity index (χ0) is 20.9.